The highest BCUT2D eigenvalue weighted by atomic mass is 19.1. The minimum atomic E-state index is -0.240. The highest BCUT2D eigenvalue weighted by Gasteiger charge is 2.11. The monoisotopic (exact) mass is 236 g/mol. The van der Waals surface area contributed by atoms with Crippen molar-refractivity contribution < 1.29 is 8.81 Å². The first-order valence-corrected chi connectivity index (χ1v) is 5.72. The lowest BCUT2D eigenvalue weighted by Crippen LogP contribution is -2.32. The number of benzene rings is 1. The number of aryl methyl sites for hydroxylation is 1. The molecule has 1 heterocycles. The van der Waals surface area contributed by atoms with Crippen LogP contribution in [0.2, 0.25) is 0 Å². The largest absolute Gasteiger partial charge is 0.459 e. The van der Waals surface area contributed by atoms with Gasteiger partial charge in [0.15, 0.2) is 0 Å². The molecule has 4 heteroatoms. The first kappa shape index (κ1) is 12.1. The molecule has 3 nitrogen and oxygen atoms in total. The molecule has 0 saturated carbocycles. The molecule has 0 aliphatic rings. The molecule has 0 spiro atoms. The maximum absolute atomic E-state index is 13.1. The van der Waals surface area contributed by atoms with Crippen LogP contribution in [0.3, 0.4) is 0 Å². The van der Waals surface area contributed by atoms with Gasteiger partial charge < -0.3 is 15.5 Å². The summed E-state index contributed by atoms with van der Waals surface area (Å²) >= 11 is 0. The van der Waals surface area contributed by atoms with Crippen molar-refractivity contribution in [3.63, 3.8) is 0 Å². The van der Waals surface area contributed by atoms with Crippen LogP contribution in [0.4, 0.5) is 4.39 Å². The van der Waals surface area contributed by atoms with E-state index < -0.39 is 0 Å². The first-order valence-electron chi connectivity index (χ1n) is 5.72. The van der Waals surface area contributed by atoms with Crippen molar-refractivity contribution in [1.29, 1.82) is 0 Å². The van der Waals surface area contributed by atoms with Crippen molar-refractivity contribution in [1.82, 2.24) is 5.32 Å². The molecule has 3 N–H and O–H groups in total. The topological polar surface area (TPSA) is 51.2 Å². The lowest BCUT2D eigenvalue weighted by atomic mass is 10.1. The Labute approximate surface area is 99.8 Å². The Morgan fingerprint density at radius 1 is 1.47 bits per heavy atom. The zero-order valence-electron chi connectivity index (χ0n) is 10.1. The number of rotatable bonds is 4. The van der Waals surface area contributed by atoms with Crippen LogP contribution in [-0.2, 0) is 6.54 Å². The first-order chi connectivity index (χ1) is 8.11. The molecule has 0 radical (unpaired) electrons. The summed E-state index contributed by atoms with van der Waals surface area (Å²) in [5.74, 6) is 0.599. The normalized spacial score (nSPS) is 13.2. The second-order valence-electron chi connectivity index (χ2n) is 4.31. The fraction of sp³-hybridized carbons (Fsp3) is 0.385. The van der Waals surface area contributed by atoms with E-state index in [0.717, 1.165) is 22.3 Å². The molecule has 0 saturated heterocycles. The summed E-state index contributed by atoms with van der Waals surface area (Å²) in [4.78, 5) is 0. The highest BCUT2D eigenvalue weighted by Crippen LogP contribution is 2.25. The number of nitrogens with two attached hydrogens (primary N) is 1. The van der Waals surface area contributed by atoms with Crippen LogP contribution in [-0.4, -0.2) is 12.6 Å². The van der Waals surface area contributed by atoms with Crippen LogP contribution in [0, 0.1) is 12.7 Å². The van der Waals surface area contributed by atoms with E-state index in [2.05, 4.69) is 5.32 Å². The van der Waals surface area contributed by atoms with E-state index in [9.17, 15) is 4.39 Å². The van der Waals surface area contributed by atoms with Crippen LogP contribution in [0.1, 0.15) is 18.2 Å². The van der Waals surface area contributed by atoms with E-state index in [1.165, 1.54) is 12.1 Å². The average molecular weight is 236 g/mol. The number of hydrogen-bond donors (Lipinski definition) is 2. The predicted octanol–water partition coefficient (Wildman–Crippen LogP) is 2.32. The molecule has 1 aromatic heterocycles. The van der Waals surface area contributed by atoms with Gasteiger partial charge in [-0.2, -0.15) is 0 Å². The molecule has 2 aromatic rings. The highest BCUT2D eigenvalue weighted by molar-refractivity contribution is 5.82. The Balaban J connectivity index is 2.26. The van der Waals surface area contributed by atoms with E-state index in [1.54, 1.807) is 6.07 Å². The summed E-state index contributed by atoms with van der Waals surface area (Å²) in [5.41, 5.74) is 7.23. The summed E-state index contributed by atoms with van der Waals surface area (Å²) in [6.07, 6.45) is 0. The van der Waals surface area contributed by atoms with Crippen LogP contribution < -0.4 is 11.1 Å². The number of fused-ring (bicyclic) bond motifs is 1. The lowest BCUT2D eigenvalue weighted by Gasteiger charge is -2.09. The molecule has 0 aliphatic heterocycles. The molecular weight excluding hydrogens is 219 g/mol. The van der Waals surface area contributed by atoms with Gasteiger partial charge in [-0.15, -0.1) is 0 Å². The summed E-state index contributed by atoms with van der Waals surface area (Å²) in [5, 5.41) is 4.09. The van der Waals surface area contributed by atoms with E-state index >= 15 is 0 Å². The Bertz CT molecular complexity index is 521. The second-order valence-corrected chi connectivity index (χ2v) is 4.31. The van der Waals surface area contributed by atoms with Crippen molar-refractivity contribution in [3.8, 4) is 0 Å². The minimum Gasteiger partial charge on any atom is -0.459 e. The molecule has 1 aromatic carbocycles. The lowest BCUT2D eigenvalue weighted by molar-refractivity contribution is 0.475. The van der Waals surface area contributed by atoms with Gasteiger partial charge in [-0.1, -0.05) is 0 Å². The third-order valence-corrected chi connectivity index (χ3v) is 2.96. The second kappa shape index (κ2) is 4.85. The van der Waals surface area contributed by atoms with Crippen molar-refractivity contribution in [2.45, 2.75) is 26.4 Å². The van der Waals surface area contributed by atoms with Gasteiger partial charge in [-0.25, -0.2) is 4.39 Å². The van der Waals surface area contributed by atoms with Gasteiger partial charge in [-0.05, 0) is 37.6 Å². The van der Waals surface area contributed by atoms with Crippen LogP contribution in [0.15, 0.2) is 22.6 Å². The minimum absolute atomic E-state index is 0.236. The van der Waals surface area contributed by atoms with Crippen molar-refractivity contribution in [2.24, 2.45) is 5.73 Å². The Morgan fingerprint density at radius 2 is 2.24 bits per heavy atom. The standard InChI is InChI=1S/C13H17FN2O/c1-8(6-15)16-7-13-9(2)11-5-10(14)3-4-12(11)17-13/h3-5,8,16H,6-7,15H2,1-2H3/t8-/m1/s1. The summed E-state index contributed by atoms with van der Waals surface area (Å²) in [7, 11) is 0. The molecule has 0 amide bonds. The molecule has 92 valence electrons. The fourth-order valence-electron chi connectivity index (χ4n) is 1.76. The van der Waals surface area contributed by atoms with Crippen molar-refractivity contribution in [2.75, 3.05) is 6.54 Å². The number of halogens is 1. The molecule has 0 aliphatic carbocycles. The van der Waals surface area contributed by atoms with Crippen LogP contribution in [0.5, 0.6) is 0 Å². The SMILES string of the molecule is Cc1c(CN[C@H](C)CN)oc2ccc(F)cc12. The molecule has 0 unspecified atom stereocenters. The molecule has 1 atom stereocenters. The van der Waals surface area contributed by atoms with E-state index in [-0.39, 0.29) is 11.9 Å². The molecule has 17 heavy (non-hydrogen) atoms. The van der Waals surface area contributed by atoms with Crippen molar-refractivity contribution in [3.05, 3.63) is 35.3 Å². The number of hydrogen-bond acceptors (Lipinski definition) is 3. The Morgan fingerprint density at radius 3 is 2.94 bits per heavy atom. The fourth-order valence-corrected chi connectivity index (χ4v) is 1.76. The van der Waals surface area contributed by atoms with E-state index in [4.69, 9.17) is 10.2 Å². The summed E-state index contributed by atoms with van der Waals surface area (Å²) in [6.45, 7) is 5.14. The van der Waals surface area contributed by atoms with E-state index in [0.29, 0.717) is 13.1 Å². The molecule has 0 fully saturated rings. The molecule has 2 rings (SSSR count). The maximum atomic E-state index is 13.1. The summed E-state index contributed by atoms with van der Waals surface area (Å²) in [6, 6.07) is 4.81. The third kappa shape index (κ3) is 2.48. The average Bonchev–Trinajstić information content (AvgIpc) is 2.63. The Hall–Kier alpha value is -1.39. The van der Waals surface area contributed by atoms with Gasteiger partial charge in [0.05, 0.1) is 6.54 Å². The molecular formula is C13H17FN2O. The van der Waals surface area contributed by atoms with Crippen LogP contribution >= 0.6 is 0 Å². The Kier molecular flexibility index (Phi) is 3.45. The van der Waals surface area contributed by atoms with Crippen LogP contribution in [0.25, 0.3) is 11.0 Å². The third-order valence-electron chi connectivity index (χ3n) is 2.96. The quantitative estimate of drug-likeness (QED) is 0.856. The molecule has 0 bridgehead atoms. The predicted molar refractivity (Wildman–Crippen MR) is 66.3 cm³/mol. The van der Waals surface area contributed by atoms with E-state index in [1.807, 2.05) is 13.8 Å². The van der Waals surface area contributed by atoms with Gasteiger partial charge in [-0.3, -0.25) is 0 Å². The van der Waals surface area contributed by atoms with Gasteiger partial charge >= 0.3 is 0 Å². The summed E-state index contributed by atoms with van der Waals surface area (Å²) < 4.78 is 18.8. The van der Waals surface area contributed by atoms with Gasteiger partial charge in [0.2, 0.25) is 0 Å². The van der Waals surface area contributed by atoms with Gasteiger partial charge in [0.25, 0.3) is 0 Å². The number of furan rings is 1. The zero-order valence-corrected chi connectivity index (χ0v) is 10.1. The smallest absolute Gasteiger partial charge is 0.134 e. The van der Waals surface area contributed by atoms with Gasteiger partial charge in [0.1, 0.15) is 17.2 Å². The van der Waals surface area contributed by atoms with Gasteiger partial charge in [0, 0.05) is 18.0 Å². The number of nitrogens with one attached hydrogen (secondary N) is 1. The van der Waals surface area contributed by atoms with Crippen molar-refractivity contribution >= 4 is 11.0 Å². The maximum Gasteiger partial charge on any atom is 0.134 e. The zero-order chi connectivity index (χ0) is 12.4.